The first-order valence-electron chi connectivity index (χ1n) is 11.6. The van der Waals surface area contributed by atoms with Crippen molar-refractivity contribution in [2.75, 3.05) is 25.9 Å². The van der Waals surface area contributed by atoms with E-state index in [1.54, 1.807) is 24.4 Å². The minimum absolute atomic E-state index is 0.0572. The number of hydrogen-bond acceptors (Lipinski definition) is 7. The maximum Gasteiger partial charge on any atom is 0.300 e. The lowest BCUT2D eigenvalue weighted by Gasteiger charge is -2.25. The molecular weight excluding hydrogens is 512 g/mol. The standard InChI is InChI=1S/C28H21ClN2O7/c1-35-21-11-18(29)22(36-2)10-16(21)26(32)24-25(17-12-30-19-6-4-3-5-15(17)19)31(28(34)27(24)33)14-7-8-20-23(9-14)38-13-37-20/h3-12,25,30,32H,13H2,1-2H3/b26-24+. The zero-order valence-electron chi connectivity index (χ0n) is 20.3. The fourth-order valence-electron chi connectivity index (χ4n) is 4.94. The minimum atomic E-state index is -0.974. The fourth-order valence-corrected chi connectivity index (χ4v) is 5.17. The molecule has 2 N–H and O–H groups in total. The maximum absolute atomic E-state index is 13.6. The Bertz CT molecular complexity index is 1660. The molecule has 1 unspecified atom stereocenters. The van der Waals surface area contributed by atoms with Crippen molar-refractivity contribution in [1.82, 2.24) is 4.98 Å². The number of Topliss-reactive ketones (excluding diaryl/α,β-unsaturated/α-hetero) is 1. The molecule has 10 heteroatoms. The van der Waals surface area contributed by atoms with Crippen molar-refractivity contribution in [2.24, 2.45) is 0 Å². The number of carbonyl (C=O) groups is 2. The van der Waals surface area contributed by atoms with E-state index in [1.165, 1.54) is 31.3 Å². The van der Waals surface area contributed by atoms with Gasteiger partial charge < -0.3 is 29.0 Å². The Kier molecular flexibility index (Phi) is 5.65. The van der Waals surface area contributed by atoms with E-state index in [1.807, 2.05) is 24.3 Å². The lowest BCUT2D eigenvalue weighted by Crippen LogP contribution is -2.29. The Balaban J connectivity index is 1.62. The van der Waals surface area contributed by atoms with Gasteiger partial charge in [-0.15, -0.1) is 0 Å². The number of methoxy groups -OCH3 is 2. The number of aromatic amines is 1. The molecule has 3 aromatic carbocycles. The van der Waals surface area contributed by atoms with Gasteiger partial charge in [0.1, 0.15) is 17.3 Å². The molecule has 2 aliphatic rings. The number of aromatic nitrogens is 1. The number of hydrogen-bond donors (Lipinski definition) is 2. The number of amides is 1. The van der Waals surface area contributed by atoms with Gasteiger partial charge in [-0.3, -0.25) is 14.5 Å². The average molecular weight is 533 g/mol. The van der Waals surface area contributed by atoms with E-state index in [-0.39, 0.29) is 34.5 Å². The number of ketones is 1. The molecule has 1 fully saturated rings. The molecule has 3 heterocycles. The molecule has 0 bridgehead atoms. The molecule has 9 nitrogen and oxygen atoms in total. The molecule has 38 heavy (non-hydrogen) atoms. The summed E-state index contributed by atoms with van der Waals surface area (Å²) in [6.07, 6.45) is 1.73. The third kappa shape index (κ3) is 3.54. The molecule has 0 saturated carbocycles. The van der Waals surface area contributed by atoms with Crippen LogP contribution in [0, 0.1) is 0 Å². The molecule has 1 amide bonds. The Hall–Kier alpha value is -4.63. The highest BCUT2D eigenvalue weighted by atomic mass is 35.5. The molecule has 6 rings (SSSR count). The van der Waals surface area contributed by atoms with E-state index in [4.69, 9.17) is 30.5 Å². The number of anilines is 1. The molecule has 1 saturated heterocycles. The van der Waals surface area contributed by atoms with Crippen LogP contribution in [-0.2, 0) is 9.59 Å². The zero-order valence-corrected chi connectivity index (χ0v) is 21.0. The summed E-state index contributed by atoms with van der Waals surface area (Å²) in [4.78, 5) is 31.8. The summed E-state index contributed by atoms with van der Waals surface area (Å²) in [6.45, 7) is 0.0572. The van der Waals surface area contributed by atoms with Crippen LogP contribution in [0.4, 0.5) is 5.69 Å². The molecule has 1 atom stereocenters. The van der Waals surface area contributed by atoms with Crippen LogP contribution in [-0.4, -0.2) is 42.8 Å². The summed E-state index contributed by atoms with van der Waals surface area (Å²) in [7, 11) is 2.85. The van der Waals surface area contributed by atoms with Crippen LogP contribution in [0.1, 0.15) is 17.2 Å². The van der Waals surface area contributed by atoms with Crippen molar-refractivity contribution in [3.8, 4) is 23.0 Å². The van der Waals surface area contributed by atoms with Gasteiger partial charge >= 0.3 is 0 Å². The third-order valence-electron chi connectivity index (χ3n) is 6.72. The first-order chi connectivity index (χ1) is 18.4. The van der Waals surface area contributed by atoms with Gasteiger partial charge in [0.2, 0.25) is 6.79 Å². The smallest absolute Gasteiger partial charge is 0.300 e. The highest BCUT2D eigenvalue weighted by molar-refractivity contribution is 6.52. The maximum atomic E-state index is 13.6. The van der Waals surface area contributed by atoms with Gasteiger partial charge in [0, 0.05) is 40.5 Å². The molecule has 2 aliphatic heterocycles. The normalized spacial score (nSPS) is 17.9. The van der Waals surface area contributed by atoms with Crippen molar-refractivity contribution >= 4 is 45.6 Å². The van der Waals surface area contributed by atoms with E-state index >= 15 is 0 Å². The molecule has 4 aromatic rings. The SMILES string of the molecule is COc1cc(/C(O)=C2\C(=O)C(=O)N(c3ccc4c(c3)OCO4)C2c2c[nH]c3ccccc23)c(OC)cc1Cl. The van der Waals surface area contributed by atoms with Crippen LogP contribution in [0.3, 0.4) is 0 Å². The van der Waals surface area contributed by atoms with Crippen molar-refractivity contribution in [3.63, 3.8) is 0 Å². The largest absolute Gasteiger partial charge is 0.507 e. The topological polar surface area (TPSA) is 110 Å². The summed E-state index contributed by atoms with van der Waals surface area (Å²) >= 11 is 6.26. The average Bonchev–Trinajstić information content (AvgIpc) is 3.64. The molecule has 192 valence electrons. The van der Waals surface area contributed by atoms with Crippen LogP contribution >= 0.6 is 11.6 Å². The van der Waals surface area contributed by atoms with Gasteiger partial charge in [-0.2, -0.15) is 0 Å². The molecule has 0 radical (unpaired) electrons. The van der Waals surface area contributed by atoms with Crippen molar-refractivity contribution in [1.29, 1.82) is 0 Å². The predicted molar refractivity (Wildman–Crippen MR) is 140 cm³/mol. The number of H-pyrrole nitrogens is 1. The Morgan fingerprint density at radius 3 is 2.58 bits per heavy atom. The molecule has 0 aliphatic carbocycles. The van der Waals surface area contributed by atoms with E-state index in [0.717, 1.165) is 10.9 Å². The second kappa shape index (κ2) is 9.04. The Labute approximate surface area is 221 Å². The number of nitrogens with one attached hydrogen (secondary N) is 1. The van der Waals surface area contributed by atoms with Gasteiger partial charge in [-0.05, 0) is 24.3 Å². The van der Waals surface area contributed by atoms with Crippen LogP contribution in [0.15, 0.2) is 66.4 Å². The van der Waals surface area contributed by atoms with Crippen LogP contribution < -0.4 is 23.8 Å². The van der Waals surface area contributed by atoms with Crippen molar-refractivity contribution in [2.45, 2.75) is 6.04 Å². The summed E-state index contributed by atoms with van der Waals surface area (Å²) in [5.41, 5.74) is 1.89. The van der Waals surface area contributed by atoms with E-state index in [0.29, 0.717) is 22.7 Å². The predicted octanol–water partition coefficient (Wildman–Crippen LogP) is 5.19. The van der Waals surface area contributed by atoms with E-state index in [2.05, 4.69) is 4.98 Å². The first-order valence-corrected chi connectivity index (χ1v) is 12.0. The number of halogens is 1. The summed E-state index contributed by atoms with van der Waals surface area (Å²) in [5, 5.41) is 12.7. The lowest BCUT2D eigenvalue weighted by molar-refractivity contribution is -0.132. The lowest BCUT2D eigenvalue weighted by atomic mass is 9.94. The summed E-state index contributed by atoms with van der Waals surface area (Å²) in [5.74, 6) is -0.623. The monoisotopic (exact) mass is 532 g/mol. The van der Waals surface area contributed by atoms with Crippen LogP contribution in [0.2, 0.25) is 5.02 Å². The number of nitrogens with zero attached hydrogens (tertiary/aromatic N) is 1. The second-order valence-electron chi connectivity index (χ2n) is 8.68. The minimum Gasteiger partial charge on any atom is -0.507 e. The number of carbonyl (C=O) groups excluding carboxylic acids is 2. The second-order valence-corrected chi connectivity index (χ2v) is 9.09. The highest BCUT2D eigenvalue weighted by Crippen LogP contribution is 2.47. The third-order valence-corrected chi connectivity index (χ3v) is 7.02. The number of aliphatic hydroxyl groups is 1. The van der Waals surface area contributed by atoms with E-state index < -0.39 is 23.5 Å². The first kappa shape index (κ1) is 23.7. The summed E-state index contributed by atoms with van der Waals surface area (Å²) < 4.78 is 21.7. The molecule has 1 aromatic heterocycles. The van der Waals surface area contributed by atoms with Gasteiger partial charge in [-0.1, -0.05) is 29.8 Å². The number of ether oxygens (including phenoxy) is 4. The quantitative estimate of drug-likeness (QED) is 0.207. The van der Waals surface area contributed by atoms with Crippen LogP contribution in [0.25, 0.3) is 16.7 Å². The summed E-state index contributed by atoms with van der Waals surface area (Å²) in [6, 6.07) is 14.5. The van der Waals surface area contributed by atoms with Crippen molar-refractivity contribution < 1.29 is 33.6 Å². The van der Waals surface area contributed by atoms with Gasteiger partial charge in [-0.25, -0.2) is 0 Å². The Morgan fingerprint density at radius 2 is 1.79 bits per heavy atom. The fraction of sp³-hybridized carbons (Fsp3) is 0.143. The molecule has 0 spiro atoms. The number of fused-ring (bicyclic) bond motifs is 2. The molecular formula is C28H21ClN2O7. The number of aliphatic hydroxyl groups excluding tert-OH is 1. The van der Waals surface area contributed by atoms with Crippen molar-refractivity contribution in [3.05, 3.63) is 82.5 Å². The zero-order chi connectivity index (χ0) is 26.6. The number of rotatable bonds is 5. The Morgan fingerprint density at radius 1 is 1.03 bits per heavy atom. The van der Waals surface area contributed by atoms with Crippen LogP contribution in [0.5, 0.6) is 23.0 Å². The highest BCUT2D eigenvalue weighted by Gasteiger charge is 2.48. The number of benzene rings is 3. The number of para-hydroxylation sites is 1. The van der Waals surface area contributed by atoms with Gasteiger partial charge in [0.05, 0.1) is 36.4 Å². The van der Waals surface area contributed by atoms with Gasteiger partial charge in [0.15, 0.2) is 11.5 Å². The van der Waals surface area contributed by atoms with E-state index in [9.17, 15) is 14.7 Å². The van der Waals surface area contributed by atoms with Gasteiger partial charge in [0.25, 0.3) is 11.7 Å².